The van der Waals surface area contributed by atoms with Gasteiger partial charge in [0.1, 0.15) is 0 Å². The van der Waals surface area contributed by atoms with Crippen LogP contribution in [0.4, 0.5) is 13.2 Å². The van der Waals surface area contributed by atoms with E-state index in [4.69, 9.17) is 0 Å². The van der Waals surface area contributed by atoms with Crippen LogP contribution in [0.2, 0.25) is 0 Å². The van der Waals surface area contributed by atoms with Gasteiger partial charge in [0.05, 0.1) is 6.42 Å². The van der Waals surface area contributed by atoms with Gasteiger partial charge in [-0.05, 0) is 13.5 Å². The highest BCUT2D eigenvalue weighted by Crippen LogP contribution is 2.23. The SMILES string of the molecule is CCCCCCCC(CC(F)(F)F)NC. The van der Waals surface area contributed by atoms with Crippen molar-refractivity contribution in [2.45, 2.75) is 64.1 Å². The molecule has 0 aliphatic rings. The Balaban J connectivity index is 3.53. The maximum absolute atomic E-state index is 12.1. The van der Waals surface area contributed by atoms with E-state index in [1.165, 1.54) is 6.42 Å². The standard InChI is InChI=1S/C11H22F3N/c1-3-4-5-6-7-8-10(15-2)9-11(12,13)14/h10,15H,3-9H2,1-2H3. The molecular weight excluding hydrogens is 203 g/mol. The molecule has 1 N–H and O–H groups in total. The number of unbranched alkanes of at least 4 members (excludes halogenated alkanes) is 4. The van der Waals surface area contributed by atoms with E-state index in [2.05, 4.69) is 12.2 Å². The van der Waals surface area contributed by atoms with Gasteiger partial charge >= 0.3 is 6.18 Å². The first kappa shape index (κ1) is 14.8. The minimum atomic E-state index is -4.04. The smallest absolute Gasteiger partial charge is 0.317 e. The zero-order chi connectivity index (χ0) is 11.7. The van der Waals surface area contributed by atoms with Crippen LogP contribution in [0.1, 0.15) is 51.9 Å². The summed E-state index contributed by atoms with van der Waals surface area (Å²) in [5.41, 5.74) is 0. The molecule has 0 saturated carbocycles. The van der Waals surface area contributed by atoms with Crippen LogP contribution in [0.15, 0.2) is 0 Å². The summed E-state index contributed by atoms with van der Waals surface area (Å²) in [6, 6.07) is -0.411. The van der Waals surface area contributed by atoms with Gasteiger partial charge in [-0.15, -0.1) is 0 Å². The summed E-state index contributed by atoms with van der Waals surface area (Å²) < 4.78 is 36.2. The van der Waals surface area contributed by atoms with Gasteiger partial charge in [-0.1, -0.05) is 39.0 Å². The molecule has 0 amide bonds. The molecular formula is C11H22F3N. The third-order valence-electron chi connectivity index (χ3n) is 2.54. The molecule has 1 atom stereocenters. The molecule has 0 aromatic rings. The molecule has 0 aliphatic heterocycles. The van der Waals surface area contributed by atoms with Crippen LogP contribution >= 0.6 is 0 Å². The summed E-state index contributed by atoms with van der Waals surface area (Å²) in [6.07, 6.45) is 1.29. The predicted octanol–water partition coefficient (Wildman–Crippen LogP) is 3.89. The summed E-state index contributed by atoms with van der Waals surface area (Å²) in [4.78, 5) is 0. The normalized spacial score (nSPS) is 14.2. The summed E-state index contributed by atoms with van der Waals surface area (Å²) >= 11 is 0. The zero-order valence-electron chi connectivity index (χ0n) is 9.66. The van der Waals surface area contributed by atoms with E-state index in [-0.39, 0.29) is 0 Å². The lowest BCUT2D eigenvalue weighted by Gasteiger charge is -2.17. The van der Waals surface area contributed by atoms with E-state index >= 15 is 0 Å². The van der Waals surface area contributed by atoms with Crippen molar-refractivity contribution >= 4 is 0 Å². The highest BCUT2D eigenvalue weighted by atomic mass is 19.4. The number of nitrogens with one attached hydrogen (secondary N) is 1. The zero-order valence-corrected chi connectivity index (χ0v) is 9.66. The van der Waals surface area contributed by atoms with Crippen molar-refractivity contribution in [3.63, 3.8) is 0 Å². The molecule has 0 aromatic heterocycles. The molecule has 15 heavy (non-hydrogen) atoms. The Morgan fingerprint density at radius 1 is 1.07 bits per heavy atom. The van der Waals surface area contributed by atoms with Crippen molar-refractivity contribution in [1.29, 1.82) is 0 Å². The number of hydrogen-bond donors (Lipinski definition) is 1. The molecule has 0 spiro atoms. The fraction of sp³-hybridized carbons (Fsp3) is 1.00. The van der Waals surface area contributed by atoms with Crippen LogP contribution in [0.25, 0.3) is 0 Å². The first-order valence-corrected chi connectivity index (χ1v) is 5.73. The van der Waals surface area contributed by atoms with E-state index in [1.54, 1.807) is 7.05 Å². The number of rotatable bonds is 8. The van der Waals surface area contributed by atoms with Crippen molar-refractivity contribution in [2.75, 3.05) is 7.05 Å². The fourth-order valence-corrected chi connectivity index (χ4v) is 1.62. The van der Waals surface area contributed by atoms with Crippen molar-refractivity contribution in [3.8, 4) is 0 Å². The molecule has 0 heterocycles. The molecule has 92 valence electrons. The van der Waals surface area contributed by atoms with Crippen LogP contribution in [-0.2, 0) is 0 Å². The van der Waals surface area contributed by atoms with Gasteiger partial charge in [0.2, 0.25) is 0 Å². The van der Waals surface area contributed by atoms with E-state index in [0.717, 1.165) is 25.7 Å². The van der Waals surface area contributed by atoms with Crippen LogP contribution in [0.5, 0.6) is 0 Å². The molecule has 1 nitrogen and oxygen atoms in total. The van der Waals surface area contributed by atoms with Crippen LogP contribution in [-0.4, -0.2) is 19.3 Å². The molecule has 0 bridgehead atoms. The Hall–Kier alpha value is -0.250. The summed E-state index contributed by atoms with van der Waals surface area (Å²) in [5.74, 6) is 0. The Labute approximate surface area is 90.4 Å². The highest BCUT2D eigenvalue weighted by Gasteiger charge is 2.30. The second-order valence-electron chi connectivity index (χ2n) is 4.01. The van der Waals surface area contributed by atoms with Gasteiger partial charge in [0.25, 0.3) is 0 Å². The highest BCUT2D eigenvalue weighted by molar-refractivity contribution is 4.69. The third kappa shape index (κ3) is 10.0. The molecule has 0 saturated heterocycles. The minimum absolute atomic E-state index is 0.411. The molecule has 0 aliphatic carbocycles. The monoisotopic (exact) mass is 225 g/mol. The van der Waals surface area contributed by atoms with Crippen LogP contribution in [0.3, 0.4) is 0 Å². The van der Waals surface area contributed by atoms with Gasteiger partial charge in [-0.25, -0.2) is 0 Å². The quantitative estimate of drug-likeness (QED) is 0.618. The molecule has 0 radical (unpaired) electrons. The van der Waals surface area contributed by atoms with E-state index in [0.29, 0.717) is 6.42 Å². The van der Waals surface area contributed by atoms with Gasteiger partial charge in [-0.3, -0.25) is 0 Å². The second-order valence-corrected chi connectivity index (χ2v) is 4.01. The molecule has 0 fully saturated rings. The number of alkyl halides is 3. The predicted molar refractivity (Wildman–Crippen MR) is 56.9 cm³/mol. The Bertz CT molecular complexity index is 145. The Morgan fingerprint density at radius 2 is 1.67 bits per heavy atom. The molecule has 0 rings (SSSR count). The third-order valence-corrected chi connectivity index (χ3v) is 2.54. The largest absolute Gasteiger partial charge is 0.390 e. The average Bonchev–Trinajstić information content (AvgIpc) is 2.14. The van der Waals surface area contributed by atoms with E-state index in [1.807, 2.05) is 0 Å². The van der Waals surface area contributed by atoms with Crippen molar-refractivity contribution in [3.05, 3.63) is 0 Å². The van der Waals surface area contributed by atoms with E-state index < -0.39 is 18.6 Å². The lowest BCUT2D eigenvalue weighted by atomic mass is 10.0. The van der Waals surface area contributed by atoms with Crippen LogP contribution in [0, 0.1) is 0 Å². The maximum Gasteiger partial charge on any atom is 0.390 e. The van der Waals surface area contributed by atoms with Gasteiger partial charge in [-0.2, -0.15) is 13.2 Å². The minimum Gasteiger partial charge on any atom is -0.317 e. The van der Waals surface area contributed by atoms with Crippen LogP contribution < -0.4 is 5.32 Å². The van der Waals surface area contributed by atoms with Crippen molar-refractivity contribution in [2.24, 2.45) is 0 Å². The van der Waals surface area contributed by atoms with Crippen molar-refractivity contribution < 1.29 is 13.2 Å². The fourth-order valence-electron chi connectivity index (χ4n) is 1.62. The lowest BCUT2D eigenvalue weighted by molar-refractivity contribution is -0.140. The molecule has 4 heteroatoms. The topological polar surface area (TPSA) is 12.0 Å². The number of hydrogen-bond acceptors (Lipinski definition) is 1. The Morgan fingerprint density at radius 3 is 2.13 bits per heavy atom. The summed E-state index contributed by atoms with van der Waals surface area (Å²) in [6.45, 7) is 2.13. The van der Waals surface area contributed by atoms with Gasteiger partial charge in [0, 0.05) is 6.04 Å². The first-order valence-electron chi connectivity index (χ1n) is 5.73. The Kier molecular flexibility index (Phi) is 7.83. The summed E-state index contributed by atoms with van der Waals surface area (Å²) in [5, 5.41) is 2.73. The molecule has 1 unspecified atom stereocenters. The maximum atomic E-state index is 12.1. The second kappa shape index (κ2) is 7.97. The average molecular weight is 225 g/mol. The number of halogens is 3. The summed E-state index contributed by atoms with van der Waals surface area (Å²) in [7, 11) is 1.60. The van der Waals surface area contributed by atoms with Gasteiger partial charge in [0.15, 0.2) is 0 Å². The van der Waals surface area contributed by atoms with Gasteiger partial charge < -0.3 is 5.32 Å². The first-order chi connectivity index (χ1) is 6.99. The van der Waals surface area contributed by atoms with E-state index in [9.17, 15) is 13.2 Å². The molecule has 0 aromatic carbocycles. The lowest BCUT2D eigenvalue weighted by Crippen LogP contribution is -2.30. The van der Waals surface area contributed by atoms with Crippen molar-refractivity contribution in [1.82, 2.24) is 5.32 Å².